The molecule has 0 aromatic rings. The SMILES string of the molecule is CC(C)OCCN1CC[OH+]CC1. The number of aliphatic hydroxyl groups is 2. The molecule has 3 heteroatoms. The van der Waals surface area contributed by atoms with Crippen molar-refractivity contribution >= 4 is 0 Å². The Morgan fingerprint density at radius 1 is 1.33 bits per heavy atom. The van der Waals surface area contributed by atoms with Crippen LogP contribution in [0.4, 0.5) is 0 Å². The quantitative estimate of drug-likeness (QED) is 0.571. The first kappa shape index (κ1) is 9.96. The average Bonchev–Trinajstić information content (AvgIpc) is 2.05. The summed E-state index contributed by atoms with van der Waals surface area (Å²) >= 11 is 0. The smallest absolute Gasteiger partial charge is 0.157 e. The zero-order valence-corrected chi connectivity index (χ0v) is 8.12. The van der Waals surface area contributed by atoms with Crippen LogP contribution >= 0.6 is 0 Å². The summed E-state index contributed by atoms with van der Waals surface area (Å²) in [6, 6.07) is 0. The molecule has 1 rings (SSSR count). The van der Waals surface area contributed by atoms with Crippen LogP contribution in [0.5, 0.6) is 0 Å². The van der Waals surface area contributed by atoms with Crippen molar-refractivity contribution in [2.45, 2.75) is 20.0 Å². The van der Waals surface area contributed by atoms with Crippen LogP contribution in [0.25, 0.3) is 0 Å². The normalized spacial score (nSPS) is 20.2. The van der Waals surface area contributed by atoms with Crippen LogP contribution in [0.1, 0.15) is 13.8 Å². The van der Waals surface area contributed by atoms with Gasteiger partial charge in [-0.05, 0) is 13.8 Å². The van der Waals surface area contributed by atoms with Crippen molar-refractivity contribution in [1.82, 2.24) is 4.90 Å². The minimum absolute atomic E-state index is 0.361. The first-order valence-corrected chi connectivity index (χ1v) is 4.76. The van der Waals surface area contributed by atoms with Crippen LogP contribution < -0.4 is 0 Å². The molecule has 0 bridgehead atoms. The molecule has 0 aromatic heterocycles. The molecule has 1 N–H and O–H groups in total. The molecule has 12 heavy (non-hydrogen) atoms. The number of nitrogens with zero attached hydrogens (tertiary/aromatic N) is 1. The lowest BCUT2D eigenvalue weighted by molar-refractivity contribution is -0.0947. The Morgan fingerprint density at radius 3 is 2.58 bits per heavy atom. The van der Waals surface area contributed by atoms with Crippen LogP contribution in [0.3, 0.4) is 0 Å². The Balaban J connectivity index is 1.98. The molecule has 1 fully saturated rings. The van der Waals surface area contributed by atoms with Crippen molar-refractivity contribution < 1.29 is 9.47 Å². The van der Waals surface area contributed by atoms with E-state index in [9.17, 15) is 0 Å². The van der Waals surface area contributed by atoms with Crippen LogP contribution in [0.2, 0.25) is 0 Å². The van der Waals surface area contributed by atoms with E-state index in [1.54, 1.807) is 0 Å². The van der Waals surface area contributed by atoms with E-state index < -0.39 is 0 Å². The van der Waals surface area contributed by atoms with Gasteiger partial charge in [0.05, 0.1) is 25.8 Å². The third kappa shape index (κ3) is 4.04. The fourth-order valence-electron chi connectivity index (χ4n) is 1.29. The Morgan fingerprint density at radius 2 is 2.00 bits per heavy atom. The summed E-state index contributed by atoms with van der Waals surface area (Å²) in [5, 5.41) is 0. The van der Waals surface area contributed by atoms with Crippen molar-refractivity contribution in [2.75, 3.05) is 39.5 Å². The van der Waals surface area contributed by atoms with Crippen LogP contribution in [-0.2, 0) is 4.74 Å². The minimum Gasteiger partial charge on any atom is -0.432 e. The standard InChI is InChI=1S/C9H19NO2/c1-9(2)12-8-5-10-3-6-11-7-4-10/h9H,3-8H2,1-2H3/p+1. The molecule has 0 aromatic carbocycles. The van der Waals surface area contributed by atoms with E-state index in [4.69, 9.17) is 4.74 Å². The van der Waals surface area contributed by atoms with Crippen LogP contribution in [0, 0.1) is 0 Å². The zero-order valence-electron chi connectivity index (χ0n) is 8.12. The number of hydrogen-bond donors (Lipinski definition) is 0. The number of ether oxygens (including phenoxy) is 2. The number of hydrogen-bond acceptors (Lipinski definition) is 2. The van der Waals surface area contributed by atoms with Crippen LogP contribution in [0.15, 0.2) is 0 Å². The molecule has 0 spiro atoms. The first-order valence-electron chi connectivity index (χ1n) is 4.76. The van der Waals surface area contributed by atoms with Gasteiger partial charge in [0.15, 0.2) is 13.2 Å². The van der Waals surface area contributed by atoms with Crippen molar-refractivity contribution in [3.05, 3.63) is 0 Å². The van der Waals surface area contributed by atoms with E-state index in [0.717, 1.165) is 39.5 Å². The van der Waals surface area contributed by atoms with E-state index in [1.807, 2.05) is 0 Å². The Kier molecular flexibility index (Phi) is 4.58. The summed E-state index contributed by atoms with van der Waals surface area (Å²) < 4.78 is 9.76. The highest BCUT2D eigenvalue weighted by Gasteiger charge is 2.12. The highest BCUT2D eigenvalue weighted by Crippen LogP contribution is 1.95. The van der Waals surface area contributed by atoms with E-state index in [-0.39, 0.29) is 0 Å². The van der Waals surface area contributed by atoms with Gasteiger partial charge in [-0.25, -0.2) is 0 Å². The second kappa shape index (κ2) is 5.51. The van der Waals surface area contributed by atoms with E-state index in [0.29, 0.717) is 6.10 Å². The van der Waals surface area contributed by atoms with Gasteiger partial charge >= 0.3 is 0 Å². The average molecular weight is 174 g/mol. The van der Waals surface area contributed by atoms with Gasteiger partial charge in [0.2, 0.25) is 0 Å². The van der Waals surface area contributed by atoms with Gasteiger partial charge < -0.3 is 9.47 Å². The maximum absolute atomic E-state index is 5.47. The summed E-state index contributed by atoms with van der Waals surface area (Å²) in [5.41, 5.74) is 0. The molecule has 0 unspecified atom stereocenters. The first-order chi connectivity index (χ1) is 5.79. The molecule has 0 amide bonds. The van der Waals surface area contributed by atoms with Gasteiger partial charge in [0.1, 0.15) is 0 Å². The molecule has 1 heterocycles. The minimum atomic E-state index is 0.361. The molecular weight excluding hydrogens is 154 g/mol. The topological polar surface area (TPSA) is 25.3 Å². The van der Waals surface area contributed by atoms with Gasteiger partial charge in [-0.15, -0.1) is 0 Å². The van der Waals surface area contributed by atoms with Gasteiger partial charge in [-0.3, -0.25) is 4.90 Å². The molecule has 0 saturated carbocycles. The summed E-state index contributed by atoms with van der Waals surface area (Å²) in [5.74, 6) is 0. The molecule has 1 aliphatic rings. The highest BCUT2D eigenvalue weighted by molar-refractivity contribution is 4.60. The molecule has 1 saturated heterocycles. The zero-order chi connectivity index (χ0) is 8.81. The fourth-order valence-corrected chi connectivity index (χ4v) is 1.29. The lowest BCUT2D eigenvalue weighted by Crippen LogP contribution is -2.40. The van der Waals surface area contributed by atoms with Gasteiger partial charge in [0, 0.05) is 6.54 Å². The summed E-state index contributed by atoms with van der Waals surface area (Å²) in [6.45, 7) is 10.3. The van der Waals surface area contributed by atoms with E-state index >= 15 is 0 Å². The summed E-state index contributed by atoms with van der Waals surface area (Å²) in [4.78, 5) is 2.41. The molecule has 72 valence electrons. The van der Waals surface area contributed by atoms with E-state index in [1.165, 1.54) is 0 Å². The largest absolute Gasteiger partial charge is 0.432 e. The van der Waals surface area contributed by atoms with Crippen molar-refractivity contribution in [2.24, 2.45) is 0 Å². The fraction of sp³-hybridized carbons (Fsp3) is 1.00. The van der Waals surface area contributed by atoms with Crippen molar-refractivity contribution in [3.8, 4) is 0 Å². The van der Waals surface area contributed by atoms with Gasteiger partial charge in [-0.2, -0.15) is 0 Å². The van der Waals surface area contributed by atoms with E-state index in [2.05, 4.69) is 23.5 Å². The third-order valence-corrected chi connectivity index (χ3v) is 2.01. The monoisotopic (exact) mass is 174 g/mol. The Bertz CT molecular complexity index is 111. The number of rotatable bonds is 4. The highest BCUT2D eigenvalue weighted by atomic mass is 16.5. The van der Waals surface area contributed by atoms with Gasteiger partial charge in [0.25, 0.3) is 0 Å². The third-order valence-electron chi connectivity index (χ3n) is 2.01. The molecule has 0 aliphatic carbocycles. The molecule has 0 radical (unpaired) electrons. The Labute approximate surface area is 74.6 Å². The predicted octanol–water partition coefficient (Wildman–Crippen LogP) is 0.255. The lowest BCUT2D eigenvalue weighted by Gasteiger charge is -2.24. The Hall–Kier alpha value is -0.120. The van der Waals surface area contributed by atoms with Crippen molar-refractivity contribution in [3.63, 3.8) is 0 Å². The summed E-state index contributed by atoms with van der Waals surface area (Å²) in [7, 11) is 0. The summed E-state index contributed by atoms with van der Waals surface area (Å²) in [6.07, 6.45) is 0.361. The van der Waals surface area contributed by atoms with Gasteiger partial charge in [-0.1, -0.05) is 0 Å². The maximum atomic E-state index is 5.47. The predicted molar refractivity (Wildman–Crippen MR) is 49.5 cm³/mol. The van der Waals surface area contributed by atoms with Crippen molar-refractivity contribution in [1.29, 1.82) is 0 Å². The number of morpholine rings is 1. The molecular formula is C9H20NO2+. The molecule has 0 atom stereocenters. The van der Waals surface area contributed by atoms with Crippen LogP contribution in [-0.4, -0.2) is 55.2 Å². The lowest BCUT2D eigenvalue weighted by atomic mass is 10.4. The molecule has 1 aliphatic heterocycles. The molecule has 3 nitrogen and oxygen atoms in total. The second-order valence-corrected chi connectivity index (χ2v) is 3.43. The second-order valence-electron chi connectivity index (χ2n) is 3.43. The maximum Gasteiger partial charge on any atom is 0.157 e.